The first-order valence-electron chi connectivity index (χ1n) is 8.66. The van der Waals surface area contributed by atoms with E-state index in [-0.39, 0.29) is 24.1 Å². The monoisotopic (exact) mass is 401 g/mol. The number of para-hydroxylation sites is 1. The molecule has 2 aromatic carbocycles. The normalized spacial score (nSPS) is 10.2. The minimum Gasteiger partial charge on any atom is -0.496 e. The van der Waals surface area contributed by atoms with Gasteiger partial charge < -0.3 is 14.4 Å². The fourth-order valence-corrected chi connectivity index (χ4v) is 3.27. The number of hydrogen-bond donors (Lipinski definition) is 0. The number of amides is 1. The van der Waals surface area contributed by atoms with Crippen LogP contribution in [-0.4, -0.2) is 49.1 Å². The van der Waals surface area contributed by atoms with Crippen molar-refractivity contribution in [1.29, 1.82) is 0 Å². The molecule has 2 aromatic rings. The third kappa shape index (κ3) is 6.13. The van der Waals surface area contributed by atoms with E-state index in [4.69, 9.17) is 9.47 Å². The molecule has 2 rings (SSSR count). The molecule has 0 radical (unpaired) electrons. The topological polar surface area (TPSA) is 72.9 Å². The summed E-state index contributed by atoms with van der Waals surface area (Å²) in [6.45, 7) is 1.46. The number of methoxy groups -OCH3 is 1. The number of likely N-dealkylation sites (N-methyl/N-ethyl adjacent to an activating group) is 1. The molecule has 0 bridgehead atoms. The molecule has 1 amide bonds. The van der Waals surface area contributed by atoms with Gasteiger partial charge in [-0.05, 0) is 25.1 Å². The average Bonchev–Trinajstić information content (AvgIpc) is 2.70. The largest absolute Gasteiger partial charge is 0.496 e. The Morgan fingerprint density at radius 3 is 2.43 bits per heavy atom. The lowest BCUT2D eigenvalue weighted by atomic mass is 10.2. The minimum absolute atomic E-state index is 0.0151. The first kappa shape index (κ1) is 21.5. The highest BCUT2D eigenvalue weighted by Gasteiger charge is 2.17. The molecule has 0 aliphatic carbocycles. The van der Waals surface area contributed by atoms with Crippen molar-refractivity contribution in [1.82, 2.24) is 4.90 Å². The van der Waals surface area contributed by atoms with Crippen LogP contribution in [-0.2, 0) is 20.9 Å². The van der Waals surface area contributed by atoms with Gasteiger partial charge in [0, 0.05) is 24.1 Å². The van der Waals surface area contributed by atoms with Gasteiger partial charge in [-0.3, -0.25) is 9.59 Å². The minimum atomic E-state index is -0.592. The van der Waals surface area contributed by atoms with Crippen LogP contribution in [0.15, 0.2) is 53.4 Å². The predicted octanol–water partition coefficient (Wildman–Crippen LogP) is 3.19. The number of carbonyl (C=O) groups is 3. The van der Waals surface area contributed by atoms with Crippen LogP contribution in [0.1, 0.15) is 22.8 Å². The van der Waals surface area contributed by atoms with Crippen molar-refractivity contribution >= 4 is 29.4 Å². The zero-order chi connectivity index (χ0) is 20.5. The number of esters is 1. The molecule has 0 heterocycles. The summed E-state index contributed by atoms with van der Waals surface area (Å²) in [7, 11) is 3.21. The fraction of sp³-hybridized carbons (Fsp3) is 0.286. The third-order valence-electron chi connectivity index (χ3n) is 3.89. The van der Waals surface area contributed by atoms with Crippen molar-refractivity contribution in [3.8, 4) is 5.75 Å². The van der Waals surface area contributed by atoms with Crippen molar-refractivity contribution < 1.29 is 23.9 Å². The van der Waals surface area contributed by atoms with Gasteiger partial charge in [-0.15, -0.1) is 11.8 Å². The highest BCUT2D eigenvalue weighted by Crippen LogP contribution is 2.23. The lowest BCUT2D eigenvalue weighted by Crippen LogP contribution is -2.31. The van der Waals surface area contributed by atoms with Gasteiger partial charge in [0.05, 0.1) is 18.4 Å². The van der Waals surface area contributed by atoms with Crippen LogP contribution in [0, 0.1) is 0 Å². The molecule has 0 atom stereocenters. The SMILES string of the molecule is COc1ccccc1CN(C)C(=O)COC(=O)c1ccccc1SCC(C)=O. The second-order valence-electron chi connectivity index (χ2n) is 6.12. The number of thioether (sulfide) groups is 1. The third-order valence-corrected chi connectivity index (χ3v) is 5.11. The molecule has 28 heavy (non-hydrogen) atoms. The van der Waals surface area contributed by atoms with E-state index in [2.05, 4.69) is 0 Å². The van der Waals surface area contributed by atoms with E-state index in [1.54, 1.807) is 38.4 Å². The maximum Gasteiger partial charge on any atom is 0.339 e. The molecule has 0 spiro atoms. The zero-order valence-electron chi connectivity index (χ0n) is 16.1. The Bertz CT molecular complexity index is 852. The van der Waals surface area contributed by atoms with Gasteiger partial charge in [0.2, 0.25) is 0 Å². The van der Waals surface area contributed by atoms with E-state index in [0.29, 0.717) is 22.8 Å². The van der Waals surface area contributed by atoms with Gasteiger partial charge in [0.1, 0.15) is 11.5 Å². The molecule has 148 valence electrons. The van der Waals surface area contributed by atoms with E-state index in [1.165, 1.54) is 23.6 Å². The van der Waals surface area contributed by atoms with Gasteiger partial charge in [0.15, 0.2) is 6.61 Å². The highest BCUT2D eigenvalue weighted by molar-refractivity contribution is 8.00. The summed E-state index contributed by atoms with van der Waals surface area (Å²) in [6.07, 6.45) is 0. The van der Waals surface area contributed by atoms with Crippen LogP contribution >= 0.6 is 11.8 Å². The maximum absolute atomic E-state index is 12.4. The average molecular weight is 401 g/mol. The number of ketones is 1. The maximum atomic E-state index is 12.4. The number of Topliss-reactive ketones (excluding diaryl/α,β-unsaturated/α-hetero) is 1. The van der Waals surface area contributed by atoms with E-state index in [9.17, 15) is 14.4 Å². The molecule has 0 aromatic heterocycles. The molecule has 7 heteroatoms. The first-order valence-corrected chi connectivity index (χ1v) is 9.65. The van der Waals surface area contributed by atoms with Crippen molar-refractivity contribution in [3.05, 3.63) is 59.7 Å². The number of carbonyl (C=O) groups excluding carboxylic acids is 3. The molecule has 0 aliphatic heterocycles. The standard InChI is InChI=1S/C21H23NO5S/c1-15(23)14-28-19-11-7-5-9-17(19)21(25)27-13-20(24)22(2)12-16-8-4-6-10-18(16)26-3/h4-11H,12-14H2,1-3H3. The molecule has 0 N–H and O–H groups in total. The van der Waals surface area contributed by atoms with Crippen LogP contribution < -0.4 is 4.74 Å². The Labute approximate surface area is 168 Å². The van der Waals surface area contributed by atoms with Crippen molar-refractivity contribution in [3.63, 3.8) is 0 Å². The Morgan fingerprint density at radius 2 is 1.71 bits per heavy atom. The van der Waals surface area contributed by atoms with E-state index >= 15 is 0 Å². The van der Waals surface area contributed by atoms with Gasteiger partial charge >= 0.3 is 5.97 Å². The summed E-state index contributed by atoms with van der Waals surface area (Å²) in [5, 5.41) is 0. The summed E-state index contributed by atoms with van der Waals surface area (Å²) in [5.74, 6) is 0.0564. The summed E-state index contributed by atoms with van der Waals surface area (Å²) in [6, 6.07) is 14.3. The molecular weight excluding hydrogens is 378 g/mol. The first-order chi connectivity index (χ1) is 13.4. The predicted molar refractivity (Wildman–Crippen MR) is 108 cm³/mol. The number of benzene rings is 2. The number of nitrogens with zero attached hydrogens (tertiary/aromatic N) is 1. The lowest BCUT2D eigenvalue weighted by molar-refractivity contribution is -0.133. The second-order valence-corrected chi connectivity index (χ2v) is 7.14. The van der Waals surface area contributed by atoms with Gasteiger partial charge in [-0.2, -0.15) is 0 Å². The summed E-state index contributed by atoms with van der Waals surface area (Å²) in [4.78, 5) is 38.0. The lowest BCUT2D eigenvalue weighted by Gasteiger charge is -2.19. The number of rotatable bonds is 9. The van der Waals surface area contributed by atoms with E-state index in [1.807, 2.05) is 24.3 Å². The Hall–Kier alpha value is -2.80. The van der Waals surface area contributed by atoms with Crippen molar-refractivity contribution in [2.75, 3.05) is 26.5 Å². The zero-order valence-corrected chi connectivity index (χ0v) is 17.0. The van der Waals surface area contributed by atoms with Gasteiger partial charge in [0.25, 0.3) is 5.91 Å². The smallest absolute Gasteiger partial charge is 0.339 e. The highest BCUT2D eigenvalue weighted by atomic mass is 32.2. The second kappa shape index (κ2) is 10.5. The molecule has 6 nitrogen and oxygen atoms in total. The van der Waals surface area contributed by atoms with E-state index < -0.39 is 5.97 Å². The van der Waals surface area contributed by atoms with Gasteiger partial charge in [-0.25, -0.2) is 4.79 Å². The van der Waals surface area contributed by atoms with Gasteiger partial charge in [-0.1, -0.05) is 30.3 Å². The van der Waals surface area contributed by atoms with Crippen LogP contribution in [0.25, 0.3) is 0 Å². The van der Waals surface area contributed by atoms with Crippen LogP contribution in [0.3, 0.4) is 0 Å². The quantitative estimate of drug-likeness (QED) is 0.475. The molecule has 0 saturated heterocycles. The Kier molecular flexibility index (Phi) is 8.07. The van der Waals surface area contributed by atoms with Crippen molar-refractivity contribution in [2.24, 2.45) is 0 Å². The molecule has 0 fully saturated rings. The molecular formula is C21H23NO5S. The van der Waals surface area contributed by atoms with Crippen molar-refractivity contribution in [2.45, 2.75) is 18.4 Å². The van der Waals surface area contributed by atoms with Crippen LogP contribution in [0.5, 0.6) is 5.75 Å². The molecule has 0 saturated carbocycles. The fourth-order valence-electron chi connectivity index (χ4n) is 2.43. The molecule has 0 aliphatic rings. The van der Waals surface area contributed by atoms with E-state index in [0.717, 1.165) is 5.56 Å². The summed E-state index contributed by atoms with van der Waals surface area (Å²) >= 11 is 1.27. The summed E-state index contributed by atoms with van der Waals surface area (Å²) in [5.41, 5.74) is 1.20. The number of hydrogen-bond acceptors (Lipinski definition) is 6. The molecule has 0 unspecified atom stereocenters. The summed E-state index contributed by atoms with van der Waals surface area (Å²) < 4.78 is 10.5. The number of ether oxygens (including phenoxy) is 2. The Morgan fingerprint density at radius 1 is 1.04 bits per heavy atom. The Balaban J connectivity index is 1.95. The van der Waals surface area contributed by atoms with Crippen LogP contribution in [0.2, 0.25) is 0 Å². The van der Waals surface area contributed by atoms with Crippen LogP contribution in [0.4, 0.5) is 0 Å².